The van der Waals surface area contributed by atoms with E-state index in [0.29, 0.717) is 6.29 Å². The second-order valence-corrected chi connectivity index (χ2v) is 2.14. The number of hydrogen-bond acceptors (Lipinski definition) is 3. The molecule has 0 amide bonds. The molecule has 8 heavy (non-hydrogen) atoms. The highest BCUT2D eigenvalue weighted by molar-refractivity contribution is 8.07. The molecule has 0 saturated carbocycles. The molecule has 0 saturated heterocycles. The summed E-state index contributed by atoms with van der Waals surface area (Å²) in [5.41, 5.74) is 0. The average Bonchev–Trinajstić information content (AvgIpc) is 1.68. The first-order chi connectivity index (χ1) is 3.81. The van der Waals surface area contributed by atoms with Crippen LogP contribution in [0.25, 0.3) is 0 Å². The summed E-state index contributed by atoms with van der Waals surface area (Å²) in [6.07, 6.45) is 2.02. The van der Waals surface area contributed by atoms with Gasteiger partial charge in [0.1, 0.15) is 11.7 Å². The van der Waals surface area contributed by atoms with Crippen LogP contribution in [0.2, 0.25) is 0 Å². The lowest BCUT2D eigenvalue weighted by atomic mass is 10.6. The van der Waals surface area contributed by atoms with Crippen molar-refractivity contribution in [2.24, 2.45) is 0 Å². The van der Waals surface area contributed by atoms with E-state index in [1.54, 1.807) is 6.92 Å². The third-order valence-corrected chi connectivity index (χ3v) is 1.06. The van der Waals surface area contributed by atoms with Gasteiger partial charge in [-0.2, -0.15) is 5.26 Å². The van der Waals surface area contributed by atoms with Crippen LogP contribution < -0.4 is 0 Å². The Balaban J connectivity index is 3.65. The average molecular weight is 127 g/mol. The first-order valence-electron chi connectivity index (χ1n) is 1.99. The van der Waals surface area contributed by atoms with Crippen LogP contribution in [0.1, 0.15) is 6.92 Å². The minimum atomic E-state index is 0.666. The van der Waals surface area contributed by atoms with Crippen molar-refractivity contribution in [3.05, 3.63) is 11.0 Å². The van der Waals surface area contributed by atoms with Gasteiger partial charge < -0.3 is 0 Å². The molecule has 0 radical (unpaired) electrons. The number of rotatable bonds is 2. The topological polar surface area (TPSA) is 40.9 Å². The van der Waals surface area contributed by atoms with Gasteiger partial charge in [0.15, 0.2) is 0 Å². The van der Waals surface area contributed by atoms with Crippen LogP contribution in [-0.4, -0.2) is 6.29 Å². The van der Waals surface area contributed by atoms with Crippen LogP contribution in [0.3, 0.4) is 0 Å². The monoisotopic (exact) mass is 127 g/mol. The van der Waals surface area contributed by atoms with Crippen LogP contribution in [0.5, 0.6) is 0 Å². The maximum Gasteiger partial charge on any atom is 0.143 e. The molecule has 0 aromatic rings. The van der Waals surface area contributed by atoms with Gasteiger partial charge in [0.2, 0.25) is 0 Å². The fraction of sp³-hybridized carbons (Fsp3) is 0.200. The zero-order valence-corrected chi connectivity index (χ0v) is 5.23. The molecule has 0 spiro atoms. The predicted molar refractivity (Wildman–Crippen MR) is 33.0 cm³/mol. The van der Waals surface area contributed by atoms with Crippen LogP contribution in [0.15, 0.2) is 11.0 Å². The van der Waals surface area contributed by atoms with Crippen molar-refractivity contribution in [3.8, 4) is 5.40 Å². The van der Waals surface area contributed by atoms with Crippen molar-refractivity contribution in [1.82, 2.24) is 0 Å². The van der Waals surface area contributed by atoms with Crippen molar-refractivity contribution in [1.29, 1.82) is 5.26 Å². The predicted octanol–water partition coefficient (Wildman–Crippen LogP) is 1.30. The molecule has 0 heterocycles. The quantitative estimate of drug-likeness (QED) is 0.319. The molecule has 0 rings (SSSR count). The number of carbonyl (C=O) groups is 1. The normalized spacial score (nSPS) is 10.2. The van der Waals surface area contributed by atoms with E-state index in [4.69, 9.17) is 5.26 Å². The Labute approximate surface area is 52.2 Å². The number of carbonyl (C=O) groups excluding carboxylic acids is 1. The summed E-state index contributed by atoms with van der Waals surface area (Å²) in [6.45, 7) is 1.71. The molecule has 0 aromatic carbocycles. The number of allylic oxidation sites excluding steroid dienone is 2. The SMILES string of the molecule is C/C(=C/C=O)SC#N. The smallest absolute Gasteiger partial charge is 0.143 e. The first-order valence-corrected chi connectivity index (χ1v) is 2.81. The number of thiocyanates is 1. The Morgan fingerprint density at radius 3 is 2.88 bits per heavy atom. The van der Waals surface area contributed by atoms with Crippen LogP contribution in [0, 0.1) is 10.7 Å². The van der Waals surface area contributed by atoms with Crippen molar-refractivity contribution in [2.45, 2.75) is 6.92 Å². The lowest BCUT2D eigenvalue weighted by Crippen LogP contribution is -1.64. The van der Waals surface area contributed by atoms with Gasteiger partial charge in [0, 0.05) is 4.91 Å². The summed E-state index contributed by atoms with van der Waals surface area (Å²) >= 11 is 0.991. The Hall–Kier alpha value is -0.750. The lowest BCUT2D eigenvalue weighted by molar-refractivity contribution is -0.104. The summed E-state index contributed by atoms with van der Waals surface area (Å²) in [5, 5.41) is 9.86. The van der Waals surface area contributed by atoms with E-state index in [1.165, 1.54) is 6.08 Å². The van der Waals surface area contributed by atoms with Gasteiger partial charge in [0.05, 0.1) is 0 Å². The lowest BCUT2D eigenvalue weighted by Gasteiger charge is -1.81. The van der Waals surface area contributed by atoms with E-state index in [1.807, 2.05) is 5.40 Å². The van der Waals surface area contributed by atoms with E-state index >= 15 is 0 Å². The standard InChI is InChI=1S/C5H5NOS/c1-5(2-3-7)8-4-6/h2-3H,1H3/b5-2-. The van der Waals surface area contributed by atoms with Crippen LogP contribution in [-0.2, 0) is 4.79 Å². The highest BCUT2D eigenvalue weighted by Gasteiger charge is 1.83. The van der Waals surface area contributed by atoms with Crippen molar-refractivity contribution >= 4 is 18.0 Å². The molecular formula is C5H5NOS. The zero-order valence-electron chi connectivity index (χ0n) is 4.42. The maximum absolute atomic E-state index is 9.69. The van der Waals surface area contributed by atoms with E-state index in [0.717, 1.165) is 16.7 Å². The van der Waals surface area contributed by atoms with Gasteiger partial charge in [-0.05, 0) is 24.8 Å². The molecule has 0 bridgehead atoms. The molecule has 0 aliphatic heterocycles. The molecule has 0 fully saturated rings. The second-order valence-electron chi connectivity index (χ2n) is 1.11. The second kappa shape index (κ2) is 4.41. The van der Waals surface area contributed by atoms with E-state index in [-0.39, 0.29) is 0 Å². The summed E-state index contributed by atoms with van der Waals surface area (Å²) in [6, 6.07) is 0. The summed E-state index contributed by atoms with van der Waals surface area (Å²) < 4.78 is 0. The van der Waals surface area contributed by atoms with Crippen LogP contribution >= 0.6 is 11.8 Å². The van der Waals surface area contributed by atoms with Gasteiger partial charge in [-0.25, -0.2) is 0 Å². The van der Waals surface area contributed by atoms with Gasteiger partial charge in [-0.1, -0.05) is 0 Å². The minimum absolute atomic E-state index is 0.666. The van der Waals surface area contributed by atoms with Gasteiger partial charge in [-0.3, -0.25) is 4.79 Å². The van der Waals surface area contributed by atoms with Gasteiger partial charge >= 0.3 is 0 Å². The number of aldehydes is 1. The van der Waals surface area contributed by atoms with Crippen molar-refractivity contribution in [2.75, 3.05) is 0 Å². The number of nitriles is 1. The van der Waals surface area contributed by atoms with Crippen molar-refractivity contribution < 1.29 is 4.79 Å². The Morgan fingerprint density at radius 1 is 1.88 bits per heavy atom. The Bertz CT molecular complexity index is 145. The first kappa shape index (κ1) is 7.25. The molecule has 2 nitrogen and oxygen atoms in total. The highest BCUT2D eigenvalue weighted by Crippen LogP contribution is 2.09. The van der Waals surface area contributed by atoms with E-state index < -0.39 is 0 Å². The molecule has 0 N–H and O–H groups in total. The Kier molecular flexibility index (Phi) is 4.00. The summed E-state index contributed by atoms with van der Waals surface area (Å²) in [7, 11) is 0. The molecule has 3 heteroatoms. The van der Waals surface area contributed by atoms with Crippen LogP contribution in [0.4, 0.5) is 0 Å². The van der Waals surface area contributed by atoms with Gasteiger partial charge in [-0.15, -0.1) is 0 Å². The number of thioether (sulfide) groups is 1. The molecule has 0 aliphatic rings. The fourth-order valence-corrected chi connectivity index (χ4v) is 0.469. The largest absolute Gasteiger partial charge is 0.299 e. The maximum atomic E-state index is 9.69. The summed E-state index contributed by atoms with van der Waals surface area (Å²) in [4.78, 5) is 10.4. The molecule has 0 unspecified atom stereocenters. The molecule has 0 aliphatic carbocycles. The fourth-order valence-electron chi connectivity index (χ4n) is 0.202. The molecule has 42 valence electrons. The molecular weight excluding hydrogens is 122 g/mol. The third-order valence-electron chi connectivity index (χ3n) is 0.509. The molecule has 0 aromatic heterocycles. The molecule has 0 atom stereocenters. The minimum Gasteiger partial charge on any atom is -0.299 e. The van der Waals surface area contributed by atoms with E-state index in [2.05, 4.69) is 0 Å². The summed E-state index contributed by atoms with van der Waals surface area (Å²) in [5.74, 6) is 0. The number of hydrogen-bond donors (Lipinski definition) is 0. The van der Waals surface area contributed by atoms with E-state index in [9.17, 15) is 4.79 Å². The highest BCUT2D eigenvalue weighted by atomic mass is 32.2. The third kappa shape index (κ3) is 3.44. The zero-order chi connectivity index (χ0) is 6.41. The number of nitrogens with zero attached hydrogens (tertiary/aromatic N) is 1. The van der Waals surface area contributed by atoms with Gasteiger partial charge in [0.25, 0.3) is 0 Å². The Morgan fingerprint density at radius 2 is 2.50 bits per heavy atom. The van der Waals surface area contributed by atoms with Crippen molar-refractivity contribution in [3.63, 3.8) is 0 Å².